The molecule has 1 atom stereocenters. The Bertz CT molecular complexity index is 520. The number of hydrogen-bond acceptors (Lipinski definition) is 5. The quantitative estimate of drug-likeness (QED) is 0.592. The molecule has 0 spiro atoms. The lowest BCUT2D eigenvalue weighted by atomic mass is 10.1. The van der Waals surface area contributed by atoms with E-state index in [1.165, 1.54) is 18.4 Å². The lowest BCUT2D eigenvalue weighted by molar-refractivity contribution is -0.149. The van der Waals surface area contributed by atoms with Crippen LogP contribution in [-0.2, 0) is 14.4 Å². The zero-order valence-corrected chi connectivity index (χ0v) is 9.60. The van der Waals surface area contributed by atoms with Crippen LogP contribution in [0.4, 0.5) is 0 Å². The first-order valence-electron chi connectivity index (χ1n) is 4.67. The van der Waals surface area contributed by atoms with E-state index in [1.807, 2.05) is 0 Å². The second-order valence-corrected chi connectivity index (χ2v) is 4.21. The fraction of sp³-hybridized carbons (Fsp3) is 0.200. The van der Waals surface area contributed by atoms with Crippen molar-refractivity contribution < 1.29 is 19.5 Å². The van der Waals surface area contributed by atoms with Crippen molar-refractivity contribution in [3.05, 3.63) is 22.4 Å². The first kappa shape index (κ1) is 11.5. The van der Waals surface area contributed by atoms with Gasteiger partial charge < -0.3 is 5.11 Å². The van der Waals surface area contributed by atoms with Gasteiger partial charge in [-0.3, -0.25) is 14.5 Å². The second-order valence-electron chi connectivity index (χ2n) is 3.43. The summed E-state index contributed by atoms with van der Waals surface area (Å²) in [6, 6.07) is 0.0794. The van der Waals surface area contributed by atoms with Gasteiger partial charge in [-0.1, -0.05) is 0 Å². The SMILES string of the molecule is CN1C(=O)C(=O)C(C(=O)O)N=C1c1ccsc1. The van der Waals surface area contributed by atoms with Gasteiger partial charge in [0, 0.05) is 18.0 Å². The Morgan fingerprint density at radius 3 is 2.76 bits per heavy atom. The van der Waals surface area contributed by atoms with Gasteiger partial charge in [0.05, 0.1) is 0 Å². The number of hydrogen-bond donors (Lipinski definition) is 1. The number of rotatable bonds is 2. The van der Waals surface area contributed by atoms with Crippen LogP contribution in [-0.4, -0.2) is 46.6 Å². The average molecular weight is 252 g/mol. The summed E-state index contributed by atoms with van der Waals surface area (Å²) in [6.45, 7) is 0. The van der Waals surface area contributed by atoms with E-state index in [4.69, 9.17) is 5.11 Å². The van der Waals surface area contributed by atoms with Gasteiger partial charge >= 0.3 is 5.97 Å². The fourth-order valence-corrected chi connectivity index (χ4v) is 2.11. The van der Waals surface area contributed by atoms with E-state index in [9.17, 15) is 14.4 Å². The van der Waals surface area contributed by atoms with E-state index in [0.29, 0.717) is 5.56 Å². The summed E-state index contributed by atoms with van der Waals surface area (Å²) >= 11 is 1.40. The molecule has 0 aliphatic carbocycles. The monoisotopic (exact) mass is 252 g/mol. The summed E-state index contributed by atoms with van der Waals surface area (Å²) in [6.07, 6.45) is 0. The Balaban J connectivity index is 2.50. The molecule has 0 saturated heterocycles. The molecule has 0 saturated carbocycles. The normalized spacial score (nSPS) is 20.4. The summed E-state index contributed by atoms with van der Waals surface area (Å²) in [7, 11) is 1.40. The van der Waals surface area contributed by atoms with Crippen LogP contribution in [0, 0.1) is 0 Å². The summed E-state index contributed by atoms with van der Waals surface area (Å²) in [5.74, 6) is -3.07. The molecule has 7 heteroatoms. The van der Waals surface area contributed by atoms with Gasteiger partial charge in [0.25, 0.3) is 11.7 Å². The standard InChI is InChI=1S/C10H8N2O4S/c1-12-8(5-2-3-17-4-5)11-6(10(15)16)7(13)9(12)14/h2-4,6H,1H3,(H,15,16). The van der Waals surface area contributed by atoms with Gasteiger partial charge in [0.1, 0.15) is 5.84 Å². The number of carboxylic acids is 1. The van der Waals surface area contributed by atoms with Gasteiger partial charge in [-0.25, -0.2) is 9.79 Å². The highest BCUT2D eigenvalue weighted by Gasteiger charge is 2.39. The molecule has 1 aliphatic rings. The zero-order valence-electron chi connectivity index (χ0n) is 8.78. The Morgan fingerprint density at radius 1 is 1.53 bits per heavy atom. The van der Waals surface area contributed by atoms with Crippen LogP contribution in [0.5, 0.6) is 0 Å². The van der Waals surface area contributed by atoms with E-state index in [0.717, 1.165) is 4.90 Å². The first-order valence-corrected chi connectivity index (χ1v) is 5.61. The molecule has 17 heavy (non-hydrogen) atoms. The van der Waals surface area contributed by atoms with Crippen molar-refractivity contribution in [1.82, 2.24) is 4.90 Å². The molecule has 0 aromatic carbocycles. The van der Waals surface area contributed by atoms with Crippen molar-refractivity contribution in [3.63, 3.8) is 0 Å². The van der Waals surface area contributed by atoms with Crippen LogP contribution in [0.15, 0.2) is 21.8 Å². The van der Waals surface area contributed by atoms with E-state index < -0.39 is 23.7 Å². The lowest BCUT2D eigenvalue weighted by Crippen LogP contribution is -2.50. The molecular weight excluding hydrogens is 244 g/mol. The van der Waals surface area contributed by atoms with Gasteiger partial charge in [0.2, 0.25) is 6.04 Å². The lowest BCUT2D eigenvalue weighted by Gasteiger charge is -2.24. The summed E-state index contributed by atoms with van der Waals surface area (Å²) in [5.41, 5.74) is 0.629. The molecular formula is C10H8N2O4S. The minimum atomic E-state index is -1.63. The molecule has 6 nitrogen and oxygen atoms in total. The Morgan fingerprint density at radius 2 is 2.24 bits per heavy atom. The number of thiophene rings is 1. The first-order chi connectivity index (χ1) is 8.02. The Hall–Kier alpha value is -2.02. The van der Waals surface area contributed by atoms with E-state index in [1.54, 1.807) is 16.8 Å². The van der Waals surface area contributed by atoms with Crippen LogP contribution >= 0.6 is 11.3 Å². The van der Waals surface area contributed by atoms with Crippen LogP contribution in [0.2, 0.25) is 0 Å². The number of aliphatic carboxylic acids is 1. The molecule has 1 aromatic heterocycles. The van der Waals surface area contributed by atoms with Crippen LogP contribution < -0.4 is 0 Å². The molecule has 0 fully saturated rings. The van der Waals surface area contributed by atoms with Crippen molar-refractivity contribution in [1.29, 1.82) is 0 Å². The zero-order chi connectivity index (χ0) is 12.6. The number of aliphatic imine (C=N–C) groups is 1. The highest BCUT2D eigenvalue weighted by Crippen LogP contribution is 2.16. The molecule has 0 bridgehead atoms. The number of amidine groups is 1. The van der Waals surface area contributed by atoms with Gasteiger partial charge in [-0.15, -0.1) is 0 Å². The topological polar surface area (TPSA) is 87.0 Å². The number of Topliss-reactive ketones (excluding diaryl/α,β-unsaturated/α-hetero) is 1. The molecule has 1 amide bonds. The maximum Gasteiger partial charge on any atom is 0.336 e. The summed E-state index contributed by atoms with van der Waals surface area (Å²) in [5, 5.41) is 12.3. The minimum absolute atomic E-state index is 0.211. The predicted octanol–water partition coefficient (Wildman–Crippen LogP) is -0.0110. The third-order valence-corrected chi connectivity index (χ3v) is 3.03. The molecule has 0 radical (unpaired) electrons. The molecule has 1 aliphatic heterocycles. The van der Waals surface area contributed by atoms with Gasteiger partial charge in [-0.05, 0) is 11.4 Å². The number of carbonyl (C=O) groups is 3. The van der Waals surface area contributed by atoms with Crippen molar-refractivity contribution in [2.24, 2.45) is 4.99 Å². The largest absolute Gasteiger partial charge is 0.479 e. The summed E-state index contributed by atoms with van der Waals surface area (Å²) < 4.78 is 0. The smallest absolute Gasteiger partial charge is 0.336 e. The molecule has 1 N–H and O–H groups in total. The molecule has 2 heterocycles. The van der Waals surface area contributed by atoms with Crippen LogP contribution in [0.3, 0.4) is 0 Å². The van der Waals surface area contributed by atoms with Gasteiger partial charge in [-0.2, -0.15) is 11.3 Å². The number of amides is 1. The van der Waals surface area contributed by atoms with E-state index >= 15 is 0 Å². The van der Waals surface area contributed by atoms with Crippen molar-refractivity contribution in [2.75, 3.05) is 7.05 Å². The van der Waals surface area contributed by atoms with E-state index in [2.05, 4.69) is 4.99 Å². The van der Waals surface area contributed by atoms with Crippen molar-refractivity contribution >= 4 is 34.8 Å². The maximum absolute atomic E-state index is 11.6. The summed E-state index contributed by atoms with van der Waals surface area (Å²) in [4.78, 5) is 38.7. The van der Waals surface area contributed by atoms with Crippen molar-refractivity contribution in [2.45, 2.75) is 6.04 Å². The molecule has 1 unspecified atom stereocenters. The van der Waals surface area contributed by atoms with Crippen molar-refractivity contribution in [3.8, 4) is 0 Å². The molecule has 2 rings (SSSR count). The van der Waals surface area contributed by atoms with Gasteiger partial charge in [0.15, 0.2) is 0 Å². The highest BCUT2D eigenvalue weighted by molar-refractivity contribution is 7.08. The number of carboxylic acid groups (broad SMARTS) is 1. The number of carbonyl (C=O) groups excluding carboxylic acids is 2. The molecule has 1 aromatic rings. The second kappa shape index (κ2) is 4.10. The Labute approximate surface area is 100 Å². The highest BCUT2D eigenvalue weighted by atomic mass is 32.1. The maximum atomic E-state index is 11.6. The van der Waals surface area contributed by atoms with E-state index in [-0.39, 0.29) is 5.84 Å². The minimum Gasteiger partial charge on any atom is -0.479 e. The van der Waals surface area contributed by atoms with Crippen LogP contribution in [0.1, 0.15) is 5.56 Å². The third kappa shape index (κ3) is 1.84. The number of nitrogens with zero attached hydrogens (tertiary/aromatic N) is 2. The average Bonchev–Trinajstić information content (AvgIpc) is 2.79. The third-order valence-electron chi connectivity index (χ3n) is 2.35. The number of ketones is 1. The fourth-order valence-electron chi connectivity index (χ4n) is 1.47. The number of likely N-dealkylation sites (N-methyl/N-ethyl adjacent to an activating group) is 1. The molecule has 88 valence electrons. The predicted molar refractivity (Wildman–Crippen MR) is 60.1 cm³/mol. The Kier molecular flexibility index (Phi) is 2.76. The van der Waals surface area contributed by atoms with Crippen LogP contribution in [0.25, 0.3) is 0 Å².